The van der Waals surface area contributed by atoms with Gasteiger partial charge in [-0.2, -0.15) is 0 Å². The molecule has 0 radical (unpaired) electrons. The molecule has 0 spiro atoms. The molecule has 1 aromatic rings. The van der Waals surface area contributed by atoms with Gasteiger partial charge in [-0.25, -0.2) is 4.79 Å². The minimum atomic E-state index is -0.499. The van der Waals surface area contributed by atoms with Crippen LogP contribution < -0.4 is 5.73 Å². The second-order valence-corrected chi connectivity index (χ2v) is 6.46. The SMILES string of the molecule is Cc1ncc(N)cc1C(=O)OC1CC(C)(C)OC1(C)C. The van der Waals surface area contributed by atoms with Crippen molar-refractivity contribution < 1.29 is 14.3 Å². The summed E-state index contributed by atoms with van der Waals surface area (Å²) < 4.78 is 11.5. The molecule has 1 aromatic heterocycles. The Kier molecular flexibility index (Phi) is 3.50. The van der Waals surface area contributed by atoms with Crippen molar-refractivity contribution in [3.63, 3.8) is 0 Å². The third-order valence-electron chi connectivity index (χ3n) is 3.57. The van der Waals surface area contributed by atoms with E-state index >= 15 is 0 Å². The quantitative estimate of drug-likeness (QED) is 0.841. The van der Waals surface area contributed by atoms with Gasteiger partial charge in [0.1, 0.15) is 11.7 Å². The topological polar surface area (TPSA) is 74.4 Å². The van der Waals surface area contributed by atoms with E-state index < -0.39 is 11.6 Å². The standard InChI is InChI=1S/C15H22N2O3/c1-9-11(6-10(16)8-17-9)13(18)19-12-7-14(2,3)20-15(12,4)5/h6,8,12H,7,16H2,1-5H3. The van der Waals surface area contributed by atoms with E-state index in [4.69, 9.17) is 15.2 Å². The highest BCUT2D eigenvalue weighted by Gasteiger charge is 2.48. The average Bonchev–Trinajstić information content (AvgIpc) is 2.50. The number of ether oxygens (including phenoxy) is 2. The van der Waals surface area contributed by atoms with Gasteiger partial charge in [-0.1, -0.05) is 0 Å². The molecule has 20 heavy (non-hydrogen) atoms. The van der Waals surface area contributed by atoms with E-state index in [0.29, 0.717) is 23.4 Å². The zero-order valence-electron chi connectivity index (χ0n) is 12.7. The van der Waals surface area contributed by atoms with Gasteiger partial charge in [0.25, 0.3) is 0 Å². The zero-order valence-corrected chi connectivity index (χ0v) is 12.7. The number of esters is 1. The molecule has 2 N–H and O–H groups in total. The number of nitrogen functional groups attached to an aromatic ring is 1. The molecule has 0 bridgehead atoms. The number of rotatable bonds is 2. The lowest BCUT2D eigenvalue weighted by atomic mass is 9.97. The second-order valence-electron chi connectivity index (χ2n) is 6.46. The lowest BCUT2D eigenvalue weighted by Gasteiger charge is -2.26. The Morgan fingerprint density at radius 3 is 2.65 bits per heavy atom. The Labute approximate surface area is 119 Å². The molecule has 1 atom stereocenters. The lowest BCUT2D eigenvalue weighted by molar-refractivity contribution is -0.0924. The van der Waals surface area contributed by atoms with Crippen LogP contribution in [-0.4, -0.2) is 28.3 Å². The zero-order chi connectivity index (χ0) is 15.1. The predicted molar refractivity (Wildman–Crippen MR) is 76.4 cm³/mol. The largest absolute Gasteiger partial charge is 0.456 e. The van der Waals surface area contributed by atoms with Crippen LogP contribution in [0.3, 0.4) is 0 Å². The fourth-order valence-electron chi connectivity index (χ4n) is 2.64. The van der Waals surface area contributed by atoms with Crippen LogP contribution in [0.4, 0.5) is 5.69 Å². The fraction of sp³-hybridized carbons (Fsp3) is 0.600. The molecule has 5 heteroatoms. The van der Waals surface area contributed by atoms with Gasteiger partial charge in [0.2, 0.25) is 0 Å². The molecular weight excluding hydrogens is 256 g/mol. The third-order valence-corrected chi connectivity index (χ3v) is 3.57. The Morgan fingerprint density at radius 1 is 1.45 bits per heavy atom. The molecule has 2 rings (SSSR count). The first-order chi connectivity index (χ1) is 9.11. The van der Waals surface area contributed by atoms with Gasteiger partial charge in [0.15, 0.2) is 0 Å². The Balaban J connectivity index is 2.18. The molecule has 1 aliphatic rings. The van der Waals surface area contributed by atoms with Gasteiger partial charge in [0, 0.05) is 6.42 Å². The van der Waals surface area contributed by atoms with Crippen LogP contribution in [0.15, 0.2) is 12.3 Å². The van der Waals surface area contributed by atoms with Crippen LogP contribution >= 0.6 is 0 Å². The van der Waals surface area contributed by atoms with Crippen LogP contribution in [0.2, 0.25) is 0 Å². The summed E-state index contributed by atoms with van der Waals surface area (Å²) in [5.74, 6) is -0.401. The lowest BCUT2D eigenvalue weighted by Crippen LogP contribution is -2.36. The van der Waals surface area contributed by atoms with E-state index in [-0.39, 0.29) is 11.7 Å². The number of carbonyl (C=O) groups is 1. The maximum absolute atomic E-state index is 12.3. The molecule has 0 amide bonds. The summed E-state index contributed by atoms with van der Waals surface area (Å²) in [6.07, 6.45) is 1.91. The molecule has 110 valence electrons. The van der Waals surface area contributed by atoms with Crippen molar-refractivity contribution in [3.8, 4) is 0 Å². The molecule has 1 unspecified atom stereocenters. The van der Waals surface area contributed by atoms with Crippen molar-refractivity contribution in [1.29, 1.82) is 0 Å². The molecular formula is C15H22N2O3. The maximum atomic E-state index is 12.3. The van der Waals surface area contributed by atoms with E-state index in [2.05, 4.69) is 4.98 Å². The number of aromatic nitrogens is 1. The fourth-order valence-corrected chi connectivity index (χ4v) is 2.64. The van der Waals surface area contributed by atoms with E-state index in [1.807, 2.05) is 27.7 Å². The van der Waals surface area contributed by atoms with E-state index in [1.54, 1.807) is 13.0 Å². The molecule has 0 aliphatic carbocycles. The van der Waals surface area contributed by atoms with Crippen molar-refractivity contribution in [3.05, 3.63) is 23.5 Å². The first-order valence-electron chi connectivity index (χ1n) is 6.74. The van der Waals surface area contributed by atoms with Gasteiger partial charge >= 0.3 is 5.97 Å². The highest BCUT2D eigenvalue weighted by molar-refractivity contribution is 5.91. The van der Waals surface area contributed by atoms with Crippen molar-refractivity contribution in [2.24, 2.45) is 0 Å². The first-order valence-corrected chi connectivity index (χ1v) is 6.74. The summed E-state index contributed by atoms with van der Waals surface area (Å²) >= 11 is 0. The van der Waals surface area contributed by atoms with E-state index in [0.717, 1.165) is 0 Å². The van der Waals surface area contributed by atoms with Crippen LogP contribution in [0.1, 0.15) is 50.2 Å². The van der Waals surface area contributed by atoms with Crippen molar-refractivity contribution in [1.82, 2.24) is 4.98 Å². The van der Waals surface area contributed by atoms with Crippen LogP contribution in [0, 0.1) is 6.92 Å². The number of aryl methyl sites for hydroxylation is 1. The van der Waals surface area contributed by atoms with Crippen LogP contribution in [0.25, 0.3) is 0 Å². The van der Waals surface area contributed by atoms with Gasteiger partial charge in [-0.3, -0.25) is 4.98 Å². The van der Waals surface area contributed by atoms with Crippen LogP contribution in [-0.2, 0) is 9.47 Å². The number of anilines is 1. The Hall–Kier alpha value is -1.62. The molecule has 1 aliphatic heterocycles. The molecule has 1 saturated heterocycles. The van der Waals surface area contributed by atoms with E-state index in [1.165, 1.54) is 6.20 Å². The Morgan fingerprint density at radius 2 is 2.10 bits per heavy atom. The molecule has 5 nitrogen and oxygen atoms in total. The van der Waals surface area contributed by atoms with Gasteiger partial charge in [-0.05, 0) is 40.7 Å². The minimum absolute atomic E-state index is 0.286. The normalized spacial score (nSPS) is 23.6. The number of nitrogens with zero attached hydrogens (tertiary/aromatic N) is 1. The van der Waals surface area contributed by atoms with Crippen LogP contribution in [0.5, 0.6) is 0 Å². The highest BCUT2D eigenvalue weighted by atomic mass is 16.6. The maximum Gasteiger partial charge on any atom is 0.340 e. The monoisotopic (exact) mass is 278 g/mol. The van der Waals surface area contributed by atoms with Crippen molar-refractivity contribution in [2.75, 3.05) is 5.73 Å². The van der Waals surface area contributed by atoms with E-state index in [9.17, 15) is 4.79 Å². The average molecular weight is 278 g/mol. The van der Waals surface area contributed by atoms with Gasteiger partial charge < -0.3 is 15.2 Å². The summed E-state index contributed by atoms with van der Waals surface area (Å²) in [6.45, 7) is 9.62. The molecule has 1 fully saturated rings. The predicted octanol–water partition coefficient (Wildman–Crippen LogP) is 2.48. The number of hydrogen-bond acceptors (Lipinski definition) is 5. The summed E-state index contributed by atoms with van der Waals surface area (Å²) in [4.78, 5) is 16.4. The number of pyridine rings is 1. The third kappa shape index (κ3) is 2.93. The van der Waals surface area contributed by atoms with Gasteiger partial charge in [0.05, 0.1) is 28.7 Å². The van der Waals surface area contributed by atoms with Gasteiger partial charge in [-0.15, -0.1) is 0 Å². The first kappa shape index (κ1) is 14.8. The highest BCUT2D eigenvalue weighted by Crippen LogP contribution is 2.39. The number of hydrogen-bond donors (Lipinski definition) is 1. The Bertz CT molecular complexity index is 538. The summed E-state index contributed by atoms with van der Waals surface area (Å²) in [5, 5.41) is 0. The molecule has 2 heterocycles. The minimum Gasteiger partial charge on any atom is -0.456 e. The number of carbonyl (C=O) groups excluding carboxylic acids is 1. The summed E-state index contributed by atoms with van der Waals surface area (Å²) in [5.41, 5.74) is 6.35. The molecule has 0 saturated carbocycles. The summed E-state index contributed by atoms with van der Waals surface area (Å²) in [7, 11) is 0. The smallest absolute Gasteiger partial charge is 0.340 e. The second kappa shape index (κ2) is 4.74. The van der Waals surface area contributed by atoms with Crippen molar-refractivity contribution >= 4 is 11.7 Å². The molecule has 0 aromatic carbocycles. The van der Waals surface area contributed by atoms with Crippen molar-refractivity contribution in [2.45, 2.75) is 58.3 Å². The number of nitrogens with two attached hydrogens (primary N) is 1. The summed E-state index contributed by atoms with van der Waals surface area (Å²) in [6, 6.07) is 1.60.